The first-order chi connectivity index (χ1) is 9.65. The molecule has 20 heavy (non-hydrogen) atoms. The summed E-state index contributed by atoms with van der Waals surface area (Å²) in [5.74, 6) is 0.511. The third-order valence-corrected chi connectivity index (χ3v) is 3.54. The van der Waals surface area contributed by atoms with Gasteiger partial charge in [-0.2, -0.15) is 0 Å². The quantitative estimate of drug-likeness (QED) is 0.758. The van der Waals surface area contributed by atoms with Crippen LogP contribution in [-0.2, 0) is 6.42 Å². The molecule has 4 N–H and O–H groups in total. The van der Waals surface area contributed by atoms with Crippen molar-refractivity contribution in [3.05, 3.63) is 58.6 Å². The molecule has 3 rings (SSSR count). The summed E-state index contributed by atoms with van der Waals surface area (Å²) in [4.78, 5) is 8.61. The van der Waals surface area contributed by atoms with E-state index in [1.165, 1.54) is 0 Å². The molecule has 0 radical (unpaired) electrons. The highest BCUT2D eigenvalue weighted by molar-refractivity contribution is 6.31. The van der Waals surface area contributed by atoms with Crippen LogP contribution in [-0.4, -0.2) is 9.97 Å². The van der Waals surface area contributed by atoms with Crippen molar-refractivity contribution < 1.29 is 0 Å². The molecule has 0 fully saturated rings. The Kier molecular flexibility index (Phi) is 3.16. The molecule has 3 aromatic rings. The van der Waals surface area contributed by atoms with Crippen LogP contribution in [0.25, 0.3) is 11.0 Å². The van der Waals surface area contributed by atoms with E-state index in [1.807, 2.05) is 42.5 Å². The smallest absolute Gasteiger partial charge is 0.166 e. The summed E-state index contributed by atoms with van der Waals surface area (Å²) in [7, 11) is 0. The number of anilines is 2. The zero-order valence-electron chi connectivity index (χ0n) is 10.7. The number of hydrogen-bond donors (Lipinski definition) is 2. The summed E-state index contributed by atoms with van der Waals surface area (Å²) < 4.78 is 0. The molecule has 0 aliphatic carbocycles. The van der Waals surface area contributed by atoms with Crippen molar-refractivity contribution in [2.75, 3.05) is 11.5 Å². The third-order valence-electron chi connectivity index (χ3n) is 3.17. The Bertz CT molecular complexity index is 786. The monoisotopic (exact) mass is 284 g/mol. The van der Waals surface area contributed by atoms with Crippen LogP contribution in [0, 0.1) is 0 Å². The molecule has 2 aromatic carbocycles. The molecule has 1 aromatic heterocycles. The van der Waals surface area contributed by atoms with E-state index < -0.39 is 0 Å². The second kappa shape index (κ2) is 4.98. The molecule has 0 aliphatic rings. The number of nitrogen functional groups attached to an aromatic ring is 2. The second-order valence-electron chi connectivity index (χ2n) is 4.55. The molecule has 0 atom stereocenters. The van der Waals surface area contributed by atoms with Gasteiger partial charge < -0.3 is 11.5 Å². The summed E-state index contributed by atoms with van der Waals surface area (Å²) >= 11 is 6.20. The second-order valence-corrected chi connectivity index (χ2v) is 4.95. The lowest BCUT2D eigenvalue weighted by molar-refractivity contribution is 1.18. The van der Waals surface area contributed by atoms with Crippen molar-refractivity contribution in [2.24, 2.45) is 0 Å². The average molecular weight is 285 g/mol. The van der Waals surface area contributed by atoms with Crippen molar-refractivity contribution in [3.63, 3.8) is 0 Å². The van der Waals surface area contributed by atoms with Gasteiger partial charge in [-0.25, -0.2) is 9.97 Å². The first-order valence-electron chi connectivity index (χ1n) is 6.19. The normalized spacial score (nSPS) is 10.8. The summed E-state index contributed by atoms with van der Waals surface area (Å²) in [5, 5.41) is 0.737. The van der Waals surface area contributed by atoms with E-state index in [0.29, 0.717) is 6.42 Å². The van der Waals surface area contributed by atoms with Gasteiger partial charge in [-0.15, -0.1) is 0 Å². The van der Waals surface area contributed by atoms with Gasteiger partial charge in [0, 0.05) is 11.4 Å². The number of fused-ring (bicyclic) bond motifs is 1. The van der Waals surface area contributed by atoms with Crippen molar-refractivity contribution in [1.82, 2.24) is 9.97 Å². The fourth-order valence-corrected chi connectivity index (χ4v) is 2.35. The van der Waals surface area contributed by atoms with Crippen LogP contribution in [0.15, 0.2) is 42.5 Å². The Morgan fingerprint density at radius 2 is 1.55 bits per heavy atom. The predicted molar refractivity (Wildman–Crippen MR) is 82.6 cm³/mol. The van der Waals surface area contributed by atoms with Gasteiger partial charge in [0.25, 0.3) is 0 Å². The molecule has 1 heterocycles. The fraction of sp³-hybridized carbons (Fsp3) is 0.0667. The van der Waals surface area contributed by atoms with Crippen LogP contribution >= 0.6 is 11.6 Å². The van der Waals surface area contributed by atoms with Gasteiger partial charge in [0.2, 0.25) is 0 Å². The minimum Gasteiger partial charge on any atom is -0.381 e. The molecule has 100 valence electrons. The summed E-state index contributed by atoms with van der Waals surface area (Å²) in [6, 6.07) is 13.5. The highest BCUT2D eigenvalue weighted by atomic mass is 35.5. The SMILES string of the molecule is Nc1nc2cccc(Cc3ccccc3Cl)c2nc1N. The van der Waals surface area contributed by atoms with Gasteiger partial charge in [0.15, 0.2) is 11.6 Å². The van der Waals surface area contributed by atoms with E-state index in [4.69, 9.17) is 23.1 Å². The lowest BCUT2D eigenvalue weighted by atomic mass is 10.0. The third kappa shape index (κ3) is 2.26. The summed E-state index contributed by atoms with van der Waals surface area (Å²) in [5.41, 5.74) is 15.0. The highest BCUT2D eigenvalue weighted by Gasteiger charge is 2.09. The van der Waals surface area contributed by atoms with Crippen LogP contribution < -0.4 is 11.5 Å². The number of benzene rings is 2. The minimum absolute atomic E-state index is 0.254. The molecule has 5 heteroatoms. The number of aromatic nitrogens is 2. The lowest BCUT2D eigenvalue weighted by Crippen LogP contribution is -2.03. The van der Waals surface area contributed by atoms with Gasteiger partial charge >= 0.3 is 0 Å². The Labute approximate surface area is 121 Å². The average Bonchev–Trinajstić information content (AvgIpc) is 2.43. The van der Waals surface area contributed by atoms with Crippen LogP contribution in [0.1, 0.15) is 11.1 Å². The maximum absolute atomic E-state index is 6.20. The van der Waals surface area contributed by atoms with Gasteiger partial charge in [0.1, 0.15) is 0 Å². The van der Waals surface area contributed by atoms with E-state index in [9.17, 15) is 0 Å². The number of hydrogen-bond acceptors (Lipinski definition) is 4. The molecule has 0 bridgehead atoms. The standard InChI is InChI=1S/C15H13ClN4/c16-11-6-2-1-4-9(11)8-10-5-3-7-12-13(10)20-15(18)14(17)19-12/h1-7H,8H2,(H2,17,19)(H2,18,20). The van der Waals surface area contributed by atoms with Gasteiger partial charge in [-0.05, 0) is 23.3 Å². The first-order valence-corrected chi connectivity index (χ1v) is 6.57. The number of nitrogens with zero attached hydrogens (tertiary/aromatic N) is 2. The molecule has 4 nitrogen and oxygen atoms in total. The maximum atomic E-state index is 6.20. The van der Waals surface area contributed by atoms with Gasteiger partial charge in [0.05, 0.1) is 11.0 Å². The molecule has 0 aliphatic heterocycles. The van der Waals surface area contributed by atoms with Crippen LogP contribution in [0.5, 0.6) is 0 Å². The van der Waals surface area contributed by atoms with Crippen LogP contribution in [0.4, 0.5) is 11.6 Å². The number of nitrogens with two attached hydrogens (primary N) is 2. The molecule has 0 amide bonds. The van der Waals surface area contributed by atoms with Gasteiger partial charge in [-0.1, -0.05) is 41.9 Å². The molecular formula is C15H13ClN4. The van der Waals surface area contributed by atoms with E-state index in [-0.39, 0.29) is 11.6 Å². The fourth-order valence-electron chi connectivity index (χ4n) is 2.15. The minimum atomic E-state index is 0.254. The van der Waals surface area contributed by atoms with E-state index in [0.717, 1.165) is 27.2 Å². The largest absolute Gasteiger partial charge is 0.381 e. The lowest BCUT2D eigenvalue weighted by Gasteiger charge is -2.08. The Balaban J connectivity index is 2.12. The first kappa shape index (κ1) is 12.7. The molecular weight excluding hydrogens is 272 g/mol. The number of rotatable bonds is 2. The Morgan fingerprint density at radius 1 is 0.850 bits per heavy atom. The van der Waals surface area contributed by atoms with Crippen molar-refractivity contribution in [1.29, 1.82) is 0 Å². The van der Waals surface area contributed by atoms with Crippen molar-refractivity contribution >= 4 is 34.3 Å². The number of para-hydroxylation sites is 1. The van der Waals surface area contributed by atoms with Crippen LogP contribution in [0.2, 0.25) is 5.02 Å². The highest BCUT2D eigenvalue weighted by Crippen LogP contribution is 2.24. The van der Waals surface area contributed by atoms with E-state index in [2.05, 4.69) is 9.97 Å². The molecule has 0 spiro atoms. The zero-order chi connectivity index (χ0) is 14.1. The van der Waals surface area contributed by atoms with Crippen LogP contribution in [0.3, 0.4) is 0 Å². The maximum Gasteiger partial charge on any atom is 0.166 e. The Hall–Kier alpha value is -2.33. The topological polar surface area (TPSA) is 77.8 Å². The molecule has 0 saturated carbocycles. The Morgan fingerprint density at radius 3 is 2.35 bits per heavy atom. The van der Waals surface area contributed by atoms with Crippen molar-refractivity contribution in [3.8, 4) is 0 Å². The summed E-state index contributed by atoms with van der Waals surface area (Å²) in [6.07, 6.45) is 0.676. The predicted octanol–water partition coefficient (Wildman–Crippen LogP) is 3.04. The summed E-state index contributed by atoms with van der Waals surface area (Å²) in [6.45, 7) is 0. The molecule has 0 saturated heterocycles. The van der Waals surface area contributed by atoms with Gasteiger partial charge in [-0.3, -0.25) is 0 Å². The van der Waals surface area contributed by atoms with E-state index in [1.54, 1.807) is 0 Å². The van der Waals surface area contributed by atoms with E-state index >= 15 is 0 Å². The van der Waals surface area contributed by atoms with Crippen molar-refractivity contribution in [2.45, 2.75) is 6.42 Å². The molecule has 0 unspecified atom stereocenters. The number of halogens is 1. The zero-order valence-corrected chi connectivity index (χ0v) is 11.4.